The van der Waals surface area contributed by atoms with Gasteiger partial charge in [0.05, 0.1) is 5.71 Å². The van der Waals surface area contributed by atoms with Crippen molar-refractivity contribution < 1.29 is 0 Å². The van der Waals surface area contributed by atoms with Crippen molar-refractivity contribution in [2.45, 2.75) is 13.8 Å². The van der Waals surface area contributed by atoms with E-state index in [0.29, 0.717) is 11.6 Å². The van der Waals surface area contributed by atoms with Gasteiger partial charge in [0.25, 0.3) is 5.56 Å². The first-order valence-corrected chi connectivity index (χ1v) is 6.48. The number of halogens is 1. The molecule has 19 heavy (non-hydrogen) atoms. The Morgan fingerprint density at radius 2 is 2.05 bits per heavy atom. The van der Waals surface area contributed by atoms with Crippen LogP contribution in [0.15, 0.2) is 44.7 Å². The number of hydrogen-bond acceptors (Lipinski definition) is 4. The van der Waals surface area contributed by atoms with Crippen LogP contribution in [0.25, 0.3) is 0 Å². The molecule has 0 aliphatic carbocycles. The summed E-state index contributed by atoms with van der Waals surface area (Å²) >= 11 is 3.38. The fraction of sp³-hybridized carbons (Fsp3) is 0.154. The highest BCUT2D eigenvalue weighted by molar-refractivity contribution is 9.10. The molecule has 0 saturated carbocycles. The monoisotopic (exact) mass is 320 g/mol. The summed E-state index contributed by atoms with van der Waals surface area (Å²) < 4.78 is 1.02. The number of H-pyrrole nitrogens is 1. The molecule has 0 radical (unpaired) electrons. The summed E-state index contributed by atoms with van der Waals surface area (Å²) in [6.07, 6.45) is 0. The number of anilines is 1. The Morgan fingerprint density at radius 3 is 2.68 bits per heavy atom. The zero-order valence-corrected chi connectivity index (χ0v) is 12.2. The number of hydrazone groups is 1. The van der Waals surface area contributed by atoms with Crippen LogP contribution in [-0.2, 0) is 0 Å². The fourth-order valence-electron chi connectivity index (χ4n) is 1.52. The lowest BCUT2D eigenvalue weighted by Gasteiger charge is -2.03. The molecular formula is C13H13BrN4O. The lowest BCUT2D eigenvalue weighted by atomic mass is 10.1. The molecule has 2 N–H and O–H groups in total. The summed E-state index contributed by atoms with van der Waals surface area (Å²) in [6.45, 7) is 3.63. The van der Waals surface area contributed by atoms with Gasteiger partial charge in [-0.1, -0.05) is 28.1 Å². The van der Waals surface area contributed by atoms with Crippen LogP contribution >= 0.6 is 15.9 Å². The number of nitrogens with zero attached hydrogens (tertiary/aromatic N) is 2. The Hall–Kier alpha value is -1.95. The summed E-state index contributed by atoms with van der Waals surface area (Å²) in [5.41, 5.74) is 4.98. The van der Waals surface area contributed by atoms with Crippen LogP contribution in [-0.4, -0.2) is 15.7 Å². The zero-order chi connectivity index (χ0) is 13.8. The highest BCUT2D eigenvalue weighted by Crippen LogP contribution is 2.11. The van der Waals surface area contributed by atoms with Crippen molar-refractivity contribution in [3.05, 3.63) is 56.4 Å². The van der Waals surface area contributed by atoms with Gasteiger partial charge in [-0.15, -0.1) is 0 Å². The van der Waals surface area contributed by atoms with Crippen LogP contribution < -0.4 is 11.0 Å². The molecule has 2 rings (SSSR count). The minimum Gasteiger partial charge on any atom is -0.291 e. The standard InChI is InChI=1S/C13H13BrN4O/c1-8-7-12(19)16-13(15-8)18-17-9(2)10-3-5-11(14)6-4-10/h3-7H,1-2H3,(H2,15,16,18,19)/b17-9-. The van der Waals surface area contributed by atoms with Gasteiger partial charge in [0.2, 0.25) is 5.95 Å². The quantitative estimate of drug-likeness (QED) is 0.674. The smallest absolute Gasteiger partial charge is 0.252 e. The Kier molecular flexibility index (Phi) is 4.11. The molecule has 2 aromatic rings. The summed E-state index contributed by atoms with van der Waals surface area (Å²) in [6, 6.07) is 9.23. The van der Waals surface area contributed by atoms with Crippen molar-refractivity contribution in [1.82, 2.24) is 9.97 Å². The molecule has 1 heterocycles. The van der Waals surface area contributed by atoms with E-state index in [9.17, 15) is 4.79 Å². The molecule has 5 nitrogen and oxygen atoms in total. The molecule has 0 unspecified atom stereocenters. The van der Waals surface area contributed by atoms with E-state index in [1.807, 2.05) is 31.2 Å². The second-order valence-corrected chi connectivity index (χ2v) is 4.97. The Bertz CT molecular complexity index is 661. The minimum absolute atomic E-state index is 0.202. The number of hydrogen-bond donors (Lipinski definition) is 2. The van der Waals surface area contributed by atoms with Gasteiger partial charge in [0.15, 0.2) is 0 Å². The lowest BCUT2D eigenvalue weighted by molar-refractivity contribution is 1.04. The predicted octanol–water partition coefficient (Wildman–Crippen LogP) is 2.68. The van der Waals surface area contributed by atoms with Crippen LogP contribution in [0.2, 0.25) is 0 Å². The zero-order valence-electron chi connectivity index (χ0n) is 10.6. The Morgan fingerprint density at radius 1 is 1.37 bits per heavy atom. The van der Waals surface area contributed by atoms with Gasteiger partial charge in [-0.25, -0.2) is 10.4 Å². The van der Waals surface area contributed by atoms with Gasteiger partial charge in [-0.05, 0) is 31.5 Å². The van der Waals surface area contributed by atoms with Crippen molar-refractivity contribution in [2.24, 2.45) is 5.10 Å². The summed E-state index contributed by atoms with van der Waals surface area (Å²) in [5, 5.41) is 4.20. The SMILES string of the molecule is C/C(=N/Nc1nc(C)cc(=O)[nH]1)c1ccc(Br)cc1. The van der Waals surface area contributed by atoms with Crippen molar-refractivity contribution in [2.75, 3.05) is 5.43 Å². The van der Waals surface area contributed by atoms with Crippen molar-refractivity contribution in [3.63, 3.8) is 0 Å². The van der Waals surface area contributed by atoms with Crippen LogP contribution in [0.5, 0.6) is 0 Å². The van der Waals surface area contributed by atoms with E-state index in [2.05, 4.69) is 36.4 Å². The van der Waals surface area contributed by atoms with E-state index in [4.69, 9.17) is 0 Å². The molecule has 0 amide bonds. The molecule has 0 aliphatic rings. The van der Waals surface area contributed by atoms with Gasteiger partial charge < -0.3 is 0 Å². The second kappa shape index (κ2) is 5.79. The molecule has 98 valence electrons. The third kappa shape index (κ3) is 3.75. The van der Waals surface area contributed by atoms with E-state index in [1.54, 1.807) is 6.92 Å². The van der Waals surface area contributed by atoms with E-state index in [-0.39, 0.29) is 5.56 Å². The summed E-state index contributed by atoms with van der Waals surface area (Å²) in [7, 11) is 0. The highest BCUT2D eigenvalue weighted by Gasteiger charge is 1.99. The molecule has 0 spiro atoms. The van der Waals surface area contributed by atoms with Crippen LogP contribution in [0.4, 0.5) is 5.95 Å². The summed E-state index contributed by atoms with van der Waals surface area (Å²) in [4.78, 5) is 18.0. The summed E-state index contributed by atoms with van der Waals surface area (Å²) in [5.74, 6) is 0.335. The predicted molar refractivity (Wildman–Crippen MR) is 79.6 cm³/mol. The molecule has 0 saturated heterocycles. The third-order valence-electron chi connectivity index (χ3n) is 2.46. The number of benzene rings is 1. The topological polar surface area (TPSA) is 70.1 Å². The van der Waals surface area contributed by atoms with Crippen molar-refractivity contribution in [1.29, 1.82) is 0 Å². The highest BCUT2D eigenvalue weighted by atomic mass is 79.9. The van der Waals surface area contributed by atoms with Gasteiger partial charge in [-0.2, -0.15) is 5.10 Å². The molecule has 1 aromatic heterocycles. The molecule has 0 aliphatic heterocycles. The Balaban J connectivity index is 2.17. The van der Waals surface area contributed by atoms with Gasteiger partial charge >= 0.3 is 0 Å². The average molecular weight is 321 g/mol. The van der Waals surface area contributed by atoms with Gasteiger partial charge in [-0.3, -0.25) is 9.78 Å². The number of aryl methyl sites for hydroxylation is 1. The van der Waals surface area contributed by atoms with E-state index in [0.717, 1.165) is 15.7 Å². The fourth-order valence-corrected chi connectivity index (χ4v) is 1.79. The van der Waals surface area contributed by atoms with E-state index < -0.39 is 0 Å². The van der Waals surface area contributed by atoms with Crippen molar-refractivity contribution in [3.8, 4) is 0 Å². The largest absolute Gasteiger partial charge is 0.291 e. The first-order chi connectivity index (χ1) is 9.04. The van der Waals surface area contributed by atoms with E-state index >= 15 is 0 Å². The molecule has 0 fully saturated rings. The van der Waals surface area contributed by atoms with Gasteiger partial charge in [0.1, 0.15) is 0 Å². The maximum absolute atomic E-state index is 11.3. The minimum atomic E-state index is -0.202. The van der Waals surface area contributed by atoms with Crippen LogP contribution in [0, 0.1) is 6.92 Å². The molecular weight excluding hydrogens is 308 g/mol. The molecule has 0 bridgehead atoms. The van der Waals surface area contributed by atoms with Crippen LogP contribution in [0.1, 0.15) is 18.2 Å². The first kappa shape index (κ1) is 13.5. The van der Waals surface area contributed by atoms with Crippen LogP contribution in [0.3, 0.4) is 0 Å². The average Bonchev–Trinajstić information content (AvgIpc) is 2.36. The molecule has 0 atom stereocenters. The molecule has 6 heteroatoms. The normalized spacial score (nSPS) is 11.4. The maximum Gasteiger partial charge on any atom is 0.252 e. The number of rotatable bonds is 3. The first-order valence-electron chi connectivity index (χ1n) is 5.69. The number of nitrogens with one attached hydrogen (secondary N) is 2. The number of aromatic amines is 1. The lowest BCUT2D eigenvalue weighted by Crippen LogP contribution is -2.11. The third-order valence-corrected chi connectivity index (χ3v) is 2.99. The second-order valence-electron chi connectivity index (χ2n) is 4.05. The maximum atomic E-state index is 11.3. The number of aromatic nitrogens is 2. The molecule has 1 aromatic carbocycles. The van der Waals surface area contributed by atoms with Crippen molar-refractivity contribution >= 4 is 27.6 Å². The Labute approximate surface area is 118 Å². The van der Waals surface area contributed by atoms with Gasteiger partial charge in [0, 0.05) is 16.2 Å². The van der Waals surface area contributed by atoms with E-state index in [1.165, 1.54) is 6.07 Å².